The Balaban J connectivity index is 1.81. The fourth-order valence-electron chi connectivity index (χ4n) is 2.93. The number of hydrogen-bond acceptors (Lipinski definition) is 3. The fourth-order valence-corrected chi connectivity index (χ4v) is 4.52. The van der Waals surface area contributed by atoms with Crippen LogP contribution < -0.4 is 16.4 Å². The second-order valence-corrected chi connectivity index (χ2v) is 7.76. The van der Waals surface area contributed by atoms with E-state index < -0.39 is 11.9 Å². The van der Waals surface area contributed by atoms with Crippen molar-refractivity contribution in [2.75, 3.05) is 10.6 Å². The molecule has 5 nitrogen and oxygen atoms in total. The maximum absolute atomic E-state index is 12.3. The van der Waals surface area contributed by atoms with E-state index in [4.69, 9.17) is 28.9 Å². The molecule has 0 aliphatic heterocycles. The number of thiophene rings is 1. The Hall–Kier alpha value is -1.76. The molecular weight excluding hydrogens is 381 g/mol. The van der Waals surface area contributed by atoms with Crippen molar-refractivity contribution in [2.24, 2.45) is 5.73 Å². The van der Waals surface area contributed by atoms with Crippen LogP contribution in [0, 0.1) is 0 Å². The number of fused-ring (bicyclic) bond motifs is 1. The summed E-state index contributed by atoms with van der Waals surface area (Å²) in [7, 11) is 0. The van der Waals surface area contributed by atoms with Gasteiger partial charge in [-0.05, 0) is 49.4 Å². The number of carbonyl (C=O) groups is 2. The first-order valence-corrected chi connectivity index (χ1v) is 9.50. The third-order valence-corrected chi connectivity index (χ3v) is 6.02. The highest BCUT2D eigenvalue weighted by Crippen LogP contribution is 2.37. The highest BCUT2D eigenvalue weighted by Gasteiger charge is 2.24. The number of hydrogen-bond donors (Lipinski definition) is 3. The van der Waals surface area contributed by atoms with Crippen molar-refractivity contribution in [1.82, 2.24) is 0 Å². The number of nitrogens with one attached hydrogen (secondary N) is 2. The van der Waals surface area contributed by atoms with E-state index in [0.717, 1.165) is 42.5 Å². The minimum atomic E-state index is -0.510. The quantitative estimate of drug-likeness (QED) is 0.631. The van der Waals surface area contributed by atoms with Crippen molar-refractivity contribution in [3.63, 3.8) is 0 Å². The number of amides is 3. The average Bonchev–Trinajstić information content (AvgIpc) is 2.72. The van der Waals surface area contributed by atoms with Gasteiger partial charge in [0.05, 0.1) is 15.6 Å². The van der Waals surface area contributed by atoms with Crippen LogP contribution in [0.25, 0.3) is 0 Å². The fraction of sp³-hybridized carbons (Fsp3) is 0.294. The number of halogens is 2. The Labute approximate surface area is 159 Å². The van der Waals surface area contributed by atoms with Gasteiger partial charge in [0.15, 0.2) is 0 Å². The van der Waals surface area contributed by atoms with Gasteiger partial charge in [0.25, 0.3) is 5.91 Å². The van der Waals surface area contributed by atoms with Crippen LogP contribution in [0.2, 0.25) is 10.0 Å². The Bertz CT molecular complexity index is 836. The number of urea groups is 1. The van der Waals surface area contributed by atoms with Crippen LogP contribution in [0.1, 0.15) is 40.1 Å². The van der Waals surface area contributed by atoms with Crippen LogP contribution in [0.3, 0.4) is 0 Å². The first-order valence-electron chi connectivity index (χ1n) is 7.93. The predicted molar refractivity (Wildman–Crippen MR) is 103 cm³/mol. The highest BCUT2D eigenvalue weighted by atomic mass is 35.5. The van der Waals surface area contributed by atoms with Gasteiger partial charge in [-0.3, -0.25) is 10.1 Å². The zero-order valence-corrected chi connectivity index (χ0v) is 15.7. The maximum atomic E-state index is 12.3. The van der Waals surface area contributed by atoms with E-state index in [1.807, 2.05) is 0 Å². The van der Waals surface area contributed by atoms with Gasteiger partial charge in [-0.15, -0.1) is 11.3 Å². The van der Waals surface area contributed by atoms with Crippen LogP contribution in [0.5, 0.6) is 0 Å². The van der Waals surface area contributed by atoms with Crippen LogP contribution in [-0.4, -0.2) is 11.9 Å². The third-order valence-electron chi connectivity index (χ3n) is 4.07. The van der Waals surface area contributed by atoms with Gasteiger partial charge in [0.2, 0.25) is 0 Å². The summed E-state index contributed by atoms with van der Waals surface area (Å²) in [5, 5.41) is 6.67. The number of nitrogens with two attached hydrogens (primary N) is 1. The summed E-state index contributed by atoms with van der Waals surface area (Å²) in [4.78, 5) is 25.3. The summed E-state index contributed by atoms with van der Waals surface area (Å²) in [6, 6.07) is 4.34. The average molecular weight is 398 g/mol. The Morgan fingerprint density at radius 3 is 2.52 bits per heavy atom. The van der Waals surface area contributed by atoms with Crippen molar-refractivity contribution in [2.45, 2.75) is 32.1 Å². The van der Waals surface area contributed by atoms with E-state index in [2.05, 4.69) is 10.6 Å². The molecule has 3 amide bonds. The normalized spacial score (nSPS) is 13.7. The molecule has 4 N–H and O–H groups in total. The molecule has 1 aliphatic rings. The van der Waals surface area contributed by atoms with E-state index in [1.54, 1.807) is 18.2 Å². The molecule has 2 aromatic rings. The monoisotopic (exact) mass is 397 g/mol. The smallest absolute Gasteiger partial charge is 0.324 e. The molecule has 3 rings (SSSR count). The second kappa shape index (κ2) is 7.64. The van der Waals surface area contributed by atoms with E-state index in [9.17, 15) is 9.59 Å². The minimum Gasteiger partial charge on any atom is -0.365 e. The Kier molecular flexibility index (Phi) is 5.51. The lowest BCUT2D eigenvalue weighted by Gasteiger charge is -2.09. The van der Waals surface area contributed by atoms with Crippen LogP contribution in [-0.2, 0) is 12.8 Å². The SMILES string of the molecule is NC(=O)c1c(NC(=O)Nc2ccc(Cl)c(Cl)c2)sc2c1CCCCC2. The van der Waals surface area contributed by atoms with Gasteiger partial charge in [-0.2, -0.15) is 0 Å². The largest absolute Gasteiger partial charge is 0.365 e. The van der Waals surface area contributed by atoms with Crippen LogP contribution >= 0.6 is 34.5 Å². The zero-order valence-electron chi connectivity index (χ0n) is 13.3. The summed E-state index contributed by atoms with van der Waals surface area (Å²) in [6.07, 6.45) is 4.98. The number of anilines is 2. The molecule has 132 valence electrons. The molecule has 0 radical (unpaired) electrons. The lowest BCUT2D eigenvalue weighted by Crippen LogP contribution is -2.22. The lowest BCUT2D eigenvalue weighted by atomic mass is 10.1. The maximum Gasteiger partial charge on any atom is 0.324 e. The molecule has 25 heavy (non-hydrogen) atoms. The van der Waals surface area contributed by atoms with Crippen molar-refractivity contribution in [3.05, 3.63) is 44.2 Å². The number of rotatable bonds is 3. The van der Waals surface area contributed by atoms with E-state index in [-0.39, 0.29) is 0 Å². The first kappa shape index (κ1) is 18.0. The Morgan fingerprint density at radius 2 is 1.80 bits per heavy atom. The van der Waals surface area contributed by atoms with Gasteiger partial charge in [-0.1, -0.05) is 29.6 Å². The summed E-state index contributed by atoms with van der Waals surface area (Å²) >= 11 is 13.2. The summed E-state index contributed by atoms with van der Waals surface area (Å²) < 4.78 is 0. The summed E-state index contributed by atoms with van der Waals surface area (Å²) in [5.74, 6) is -0.510. The minimum absolute atomic E-state index is 0.347. The van der Waals surface area contributed by atoms with Crippen molar-refractivity contribution in [3.8, 4) is 0 Å². The molecule has 0 spiro atoms. The van der Waals surface area contributed by atoms with E-state index in [0.29, 0.717) is 26.3 Å². The molecular formula is C17H17Cl2N3O2S. The van der Waals surface area contributed by atoms with Crippen molar-refractivity contribution in [1.29, 1.82) is 0 Å². The van der Waals surface area contributed by atoms with Gasteiger partial charge in [0.1, 0.15) is 5.00 Å². The van der Waals surface area contributed by atoms with E-state index >= 15 is 0 Å². The van der Waals surface area contributed by atoms with Gasteiger partial charge < -0.3 is 11.1 Å². The molecule has 1 aromatic carbocycles. The standard InChI is InChI=1S/C17H17Cl2N3O2S/c18-11-7-6-9(8-12(11)19)21-17(24)22-16-14(15(20)23)10-4-2-1-3-5-13(10)25-16/h6-8H,1-5H2,(H2,20,23)(H2,21,22,24). The molecule has 1 aromatic heterocycles. The number of aryl methyl sites for hydroxylation is 1. The molecule has 0 bridgehead atoms. The van der Waals surface area contributed by atoms with Crippen molar-refractivity contribution < 1.29 is 9.59 Å². The molecule has 0 saturated heterocycles. The molecule has 0 saturated carbocycles. The molecule has 0 atom stereocenters. The highest BCUT2D eigenvalue weighted by molar-refractivity contribution is 7.17. The third kappa shape index (κ3) is 4.08. The number of carbonyl (C=O) groups excluding carboxylic acids is 2. The molecule has 0 fully saturated rings. The summed E-state index contributed by atoms with van der Waals surface area (Å²) in [6.45, 7) is 0. The van der Waals surface area contributed by atoms with Crippen LogP contribution in [0.15, 0.2) is 18.2 Å². The van der Waals surface area contributed by atoms with Gasteiger partial charge >= 0.3 is 6.03 Å². The molecule has 1 heterocycles. The molecule has 1 aliphatic carbocycles. The predicted octanol–water partition coefficient (Wildman–Crippen LogP) is 5.07. The molecule has 8 heteroatoms. The van der Waals surface area contributed by atoms with Crippen LogP contribution in [0.4, 0.5) is 15.5 Å². The van der Waals surface area contributed by atoms with Gasteiger partial charge in [0, 0.05) is 10.6 Å². The number of benzene rings is 1. The lowest BCUT2D eigenvalue weighted by molar-refractivity contribution is 0.100. The topological polar surface area (TPSA) is 84.2 Å². The Morgan fingerprint density at radius 1 is 1.04 bits per heavy atom. The zero-order chi connectivity index (χ0) is 18.0. The first-order chi connectivity index (χ1) is 12.0. The van der Waals surface area contributed by atoms with Crippen molar-refractivity contribution >= 4 is 57.2 Å². The van der Waals surface area contributed by atoms with Gasteiger partial charge in [-0.25, -0.2) is 4.79 Å². The molecule has 0 unspecified atom stereocenters. The second-order valence-electron chi connectivity index (χ2n) is 5.84. The number of primary amides is 1. The summed E-state index contributed by atoms with van der Waals surface area (Å²) in [5.41, 5.74) is 7.49. The van der Waals surface area contributed by atoms with E-state index in [1.165, 1.54) is 11.3 Å².